The van der Waals surface area contributed by atoms with Crippen molar-refractivity contribution in [1.29, 1.82) is 5.26 Å². The van der Waals surface area contributed by atoms with Gasteiger partial charge in [-0.15, -0.1) is 0 Å². The van der Waals surface area contributed by atoms with E-state index in [1.54, 1.807) is 26.0 Å². The molecular formula is C33H39N3O7. The zero-order valence-corrected chi connectivity index (χ0v) is 24.5. The van der Waals surface area contributed by atoms with Crippen LogP contribution in [-0.4, -0.2) is 89.6 Å². The number of aliphatic hydroxyl groups excluding tert-OH is 3. The number of allylic oxidation sites excluding steroid dienone is 1. The normalized spacial score (nSPS) is 25.3. The second-order valence-electron chi connectivity index (χ2n) is 11.2. The minimum Gasteiger partial charge on any atom is -0.456 e. The predicted molar refractivity (Wildman–Crippen MR) is 161 cm³/mol. The SMILES string of the molecule is CC[C@H]1OC(O)C(NC(=O)/C(C#N)=C(\C)c2ccc(-c3ccc4cc(CCCN5CCOCC5)ccc4c3)o2)[C@@H](O)[C@@H]1O. The van der Waals surface area contributed by atoms with Gasteiger partial charge in [0.25, 0.3) is 5.91 Å². The molecule has 0 radical (unpaired) electrons. The number of amides is 1. The van der Waals surface area contributed by atoms with Crippen molar-refractivity contribution in [2.75, 3.05) is 32.8 Å². The largest absolute Gasteiger partial charge is 0.456 e. The highest BCUT2D eigenvalue weighted by molar-refractivity contribution is 6.04. The molecule has 228 valence electrons. The van der Waals surface area contributed by atoms with Crippen LogP contribution in [0.5, 0.6) is 0 Å². The van der Waals surface area contributed by atoms with Crippen LogP contribution in [0.15, 0.2) is 58.5 Å². The Balaban J connectivity index is 1.26. The van der Waals surface area contributed by atoms with Crippen LogP contribution in [0.25, 0.3) is 27.7 Å². The van der Waals surface area contributed by atoms with Gasteiger partial charge in [-0.05, 0) is 67.3 Å². The van der Waals surface area contributed by atoms with E-state index in [-0.39, 0.29) is 5.57 Å². The van der Waals surface area contributed by atoms with Gasteiger partial charge in [-0.25, -0.2) is 0 Å². The van der Waals surface area contributed by atoms with Crippen LogP contribution in [0.1, 0.15) is 38.0 Å². The maximum absolute atomic E-state index is 13.0. The molecule has 43 heavy (non-hydrogen) atoms. The lowest BCUT2D eigenvalue weighted by Crippen LogP contribution is -2.63. The monoisotopic (exact) mass is 589 g/mol. The molecule has 2 aliphatic heterocycles. The van der Waals surface area contributed by atoms with Gasteiger partial charge >= 0.3 is 0 Å². The molecule has 1 amide bonds. The number of hydrogen-bond acceptors (Lipinski definition) is 9. The molecular weight excluding hydrogens is 550 g/mol. The second kappa shape index (κ2) is 13.8. The van der Waals surface area contributed by atoms with Crippen molar-refractivity contribution in [3.63, 3.8) is 0 Å². The van der Waals surface area contributed by atoms with Gasteiger partial charge in [0, 0.05) is 24.2 Å². The third kappa shape index (κ3) is 6.99. The number of carbonyl (C=O) groups is 1. The standard InChI is InChI=1S/C33H39N3O7/c1-3-26-30(37)31(38)29(33(40)43-26)35-32(39)25(19-34)20(2)27-10-11-28(42-27)24-9-8-22-17-21(6-7-23(22)18-24)5-4-12-36-13-15-41-16-14-36/h6-11,17-18,26,29-31,33,37-38,40H,3-5,12-16H2,1-2H3,(H,35,39)/b25-20+/t26-,29?,30-,31-,33?/m1/s1. The maximum Gasteiger partial charge on any atom is 0.262 e. The van der Waals surface area contributed by atoms with Crippen molar-refractivity contribution >= 4 is 22.3 Å². The van der Waals surface area contributed by atoms with Crippen LogP contribution in [0.4, 0.5) is 0 Å². The zero-order valence-electron chi connectivity index (χ0n) is 24.5. The van der Waals surface area contributed by atoms with Crippen LogP contribution in [-0.2, 0) is 20.7 Å². The van der Waals surface area contributed by atoms with Gasteiger partial charge in [0.15, 0.2) is 6.29 Å². The number of hydrogen-bond donors (Lipinski definition) is 4. The number of nitrogens with zero attached hydrogens (tertiary/aromatic N) is 2. The average Bonchev–Trinajstić information content (AvgIpc) is 3.52. The summed E-state index contributed by atoms with van der Waals surface area (Å²) in [4.78, 5) is 15.5. The van der Waals surface area contributed by atoms with Gasteiger partial charge in [-0.1, -0.05) is 37.3 Å². The van der Waals surface area contributed by atoms with E-state index in [0.29, 0.717) is 23.5 Å². The minimum atomic E-state index is -1.54. The first-order valence-corrected chi connectivity index (χ1v) is 14.8. The van der Waals surface area contributed by atoms with Crippen LogP contribution >= 0.6 is 0 Å². The molecule has 0 saturated carbocycles. The molecule has 1 aromatic heterocycles. The summed E-state index contributed by atoms with van der Waals surface area (Å²) in [7, 11) is 0. The Kier molecular flexibility index (Phi) is 9.93. The number of carbonyl (C=O) groups excluding carboxylic acids is 1. The summed E-state index contributed by atoms with van der Waals surface area (Å²) in [5.74, 6) is 0.103. The Labute approximate surface area is 251 Å². The van der Waals surface area contributed by atoms with E-state index >= 15 is 0 Å². The highest BCUT2D eigenvalue weighted by Gasteiger charge is 2.44. The van der Waals surface area contributed by atoms with E-state index in [1.807, 2.05) is 18.2 Å². The van der Waals surface area contributed by atoms with Crippen molar-refractivity contribution in [2.45, 2.75) is 63.8 Å². The molecule has 0 spiro atoms. The lowest BCUT2D eigenvalue weighted by Gasteiger charge is -2.40. The average molecular weight is 590 g/mol. The fourth-order valence-electron chi connectivity index (χ4n) is 5.72. The summed E-state index contributed by atoms with van der Waals surface area (Å²) >= 11 is 0. The van der Waals surface area contributed by atoms with E-state index in [1.165, 1.54) is 5.56 Å². The van der Waals surface area contributed by atoms with Crippen LogP contribution in [0.2, 0.25) is 0 Å². The summed E-state index contributed by atoms with van der Waals surface area (Å²) in [6.07, 6.45) is -2.58. The quantitative estimate of drug-likeness (QED) is 0.218. The molecule has 2 aromatic carbocycles. The number of benzene rings is 2. The Morgan fingerprint density at radius 3 is 2.53 bits per heavy atom. The molecule has 2 unspecified atom stereocenters. The molecule has 5 atom stereocenters. The Morgan fingerprint density at radius 1 is 1.05 bits per heavy atom. The van der Waals surface area contributed by atoms with E-state index in [9.17, 15) is 25.4 Å². The van der Waals surface area contributed by atoms with Crippen molar-refractivity contribution in [1.82, 2.24) is 10.2 Å². The molecule has 0 aliphatic carbocycles. The minimum absolute atomic E-state index is 0.243. The number of aliphatic hydroxyl groups is 3. The Bertz CT molecular complexity index is 1500. The van der Waals surface area contributed by atoms with Crippen molar-refractivity contribution in [2.24, 2.45) is 0 Å². The number of furan rings is 1. The number of nitriles is 1. The van der Waals surface area contributed by atoms with E-state index in [0.717, 1.165) is 62.0 Å². The number of nitrogens with one attached hydrogen (secondary N) is 1. The number of ether oxygens (including phenoxy) is 2. The molecule has 10 nitrogen and oxygen atoms in total. The topological polar surface area (TPSA) is 148 Å². The first kappa shape index (κ1) is 30.9. The van der Waals surface area contributed by atoms with Crippen molar-refractivity contribution < 1.29 is 34.0 Å². The van der Waals surface area contributed by atoms with Crippen LogP contribution < -0.4 is 5.32 Å². The lowest BCUT2D eigenvalue weighted by atomic mass is 9.95. The Morgan fingerprint density at radius 2 is 1.79 bits per heavy atom. The van der Waals surface area contributed by atoms with Gasteiger partial charge in [-0.2, -0.15) is 5.26 Å². The molecule has 2 saturated heterocycles. The van der Waals surface area contributed by atoms with Crippen LogP contribution in [0, 0.1) is 11.3 Å². The fraction of sp³-hybridized carbons (Fsp3) is 0.455. The smallest absolute Gasteiger partial charge is 0.262 e. The molecule has 2 aliphatic rings. The molecule has 5 rings (SSSR count). The van der Waals surface area contributed by atoms with E-state index in [2.05, 4.69) is 34.5 Å². The van der Waals surface area contributed by atoms with Gasteiger partial charge < -0.3 is 34.5 Å². The van der Waals surface area contributed by atoms with E-state index < -0.39 is 36.6 Å². The summed E-state index contributed by atoms with van der Waals surface area (Å²) < 4.78 is 16.8. The van der Waals surface area contributed by atoms with E-state index in [4.69, 9.17) is 13.9 Å². The molecule has 3 aromatic rings. The first-order chi connectivity index (χ1) is 20.8. The second-order valence-corrected chi connectivity index (χ2v) is 11.2. The number of rotatable bonds is 9. The summed E-state index contributed by atoms with van der Waals surface area (Å²) in [5.41, 5.74) is 2.21. The number of aryl methyl sites for hydroxylation is 1. The fourth-order valence-corrected chi connectivity index (χ4v) is 5.72. The molecule has 4 N–H and O–H groups in total. The highest BCUT2D eigenvalue weighted by Crippen LogP contribution is 2.30. The van der Waals surface area contributed by atoms with Crippen molar-refractivity contribution in [3.8, 4) is 17.4 Å². The maximum atomic E-state index is 13.0. The van der Waals surface area contributed by atoms with Crippen molar-refractivity contribution in [3.05, 3.63) is 65.4 Å². The molecule has 10 heteroatoms. The zero-order chi connectivity index (χ0) is 30.5. The van der Waals surface area contributed by atoms with Gasteiger partial charge in [0.05, 0.1) is 19.3 Å². The lowest BCUT2D eigenvalue weighted by molar-refractivity contribution is -0.247. The first-order valence-electron chi connectivity index (χ1n) is 14.8. The molecule has 0 bridgehead atoms. The number of morpholine rings is 1. The van der Waals surface area contributed by atoms with Gasteiger partial charge in [-0.3, -0.25) is 9.69 Å². The molecule has 2 fully saturated rings. The number of fused-ring (bicyclic) bond motifs is 1. The third-order valence-corrected chi connectivity index (χ3v) is 8.34. The van der Waals surface area contributed by atoms with Gasteiger partial charge in [0.2, 0.25) is 0 Å². The Hall–Kier alpha value is -3.56. The summed E-state index contributed by atoms with van der Waals surface area (Å²) in [5, 5.41) is 45.4. The third-order valence-electron chi connectivity index (χ3n) is 8.34. The summed E-state index contributed by atoms with van der Waals surface area (Å²) in [6.45, 7) is 8.05. The highest BCUT2D eigenvalue weighted by atomic mass is 16.6. The molecule has 3 heterocycles. The van der Waals surface area contributed by atoms with Crippen LogP contribution in [0.3, 0.4) is 0 Å². The summed E-state index contributed by atoms with van der Waals surface area (Å²) in [6, 6.07) is 16.7. The predicted octanol–water partition coefficient (Wildman–Crippen LogP) is 3.00. The van der Waals surface area contributed by atoms with Gasteiger partial charge in [0.1, 0.15) is 41.4 Å².